The minimum Gasteiger partial charge on any atom is -0.469 e. The largest absolute Gasteiger partial charge is 0.469 e. The first kappa shape index (κ1) is 48.7. The second-order valence-electron chi connectivity index (χ2n) is 18.1. The van der Waals surface area contributed by atoms with Gasteiger partial charge >= 0.3 is 17.8 Å². The Bertz CT molecular complexity index is 1930. The first-order valence-electron chi connectivity index (χ1n) is 22.7. The standard InChI is InChI=1S/C24H33N3O5.C24H35N3O4/c1-17(2)19-8-12-24(13-9-19)26(21(28)16-27(24)31)15-11-18-4-6-20(7-5-18)23(30)25-14-10-22(29)32-3;1-17(2)19-8-12-24(13-9-19)26-16-21(28)27(24)15-11-18-4-6-20(7-5-18)23(30)25-14-10-22(29)31-3/h4-7,16-17,19H,8-15H2,1-3H3,(H-,25,28,30,31);4-7,17,19,26H,8-16H2,1-3H3,(H,25,30)/p+1. The molecule has 0 radical (unpaired) electrons. The molecule has 2 spiro atoms. The predicted octanol–water partition coefficient (Wildman–Crippen LogP) is 4.88. The van der Waals surface area contributed by atoms with Crippen LogP contribution in [0.5, 0.6) is 0 Å². The van der Waals surface area contributed by atoms with E-state index in [1.54, 1.807) is 29.2 Å². The first-order valence-corrected chi connectivity index (χ1v) is 22.7. The molecule has 2 heterocycles. The van der Waals surface area contributed by atoms with E-state index in [0.29, 0.717) is 54.9 Å². The number of hydroxylamine groups is 1. The minimum absolute atomic E-state index is 0.128. The van der Waals surface area contributed by atoms with E-state index in [-0.39, 0.29) is 67.2 Å². The van der Waals surface area contributed by atoms with Crippen LogP contribution in [-0.2, 0) is 41.5 Å². The molecule has 1 saturated heterocycles. The maximum atomic E-state index is 12.6. The highest BCUT2D eigenvalue weighted by Crippen LogP contribution is 2.42. The van der Waals surface area contributed by atoms with Crippen molar-refractivity contribution < 1.29 is 48.2 Å². The van der Waals surface area contributed by atoms with Crippen molar-refractivity contribution in [2.45, 2.75) is 116 Å². The average Bonchev–Trinajstić information content (AvgIpc) is 3.70. The van der Waals surface area contributed by atoms with Gasteiger partial charge in [0.25, 0.3) is 23.7 Å². The molecule has 15 nitrogen and oxygen atoms in total. The number of nitrogens with one attached hydrogen (secondary N) is 3. The number of carbonyl (C=O) groups is 6. The summed E-state index contributed by atoms with van der Waals surface area (Å²) >= 11 is 0. The van der Waals surface area contributed by atoms with E-state index in [4.69, 9.17) is 0 Å². The van der Waals surface area contributed by atoms with Gasteiger partial charge in [-0.05, 0) is 110 Å². The van der Waals surface area contributed by atoms with Crippen molar-refractivity contribution >= 4 is 41.8 Å². The quantitative estimate of drug-likeness (QED) is 0.103. The van der Waals surface area contributed by atoms with Gasteiger partial charge in [-0.3, -0.25) is 44.2 Å². The fraction of sp³-hybridized carbons (Fsp3) is 0.604. The number of benzene rings is 2. The number of nitrogens with zero attached hydrogens (tertiary/aromatic N) is 3. The van der Waals surface area contributed by atoms with Crippen LogP contribution in [-0.4, -0.2) is 120 Å². The molecule has 3 fully saturated rings. The zero-order valence-corrected chi connectivity index (χ0v) is 38.1. The molecule has 344 valence electrons. The van der Waals surface area contributed by atoms with Gasteiger partial charge in [-0.25, -0.2) is 0 Å². The lowest BCUT2D eigenvalue weighted by molar-refractivity contribution is -0.834. The van der Waals surface area contributed by atoms with Gasteiger partial charge in [0.2, 0.25) is 5.91 Å². The van der Waals surface area contributed by atoms with E-state index in [1.165, 1.54) is 20.4 Å². The molecule has 15 heteroatoms. The SMILES string of the molecule is COC(=O)CCNC(=O)c1ccc(CCN2C(=O)C=[N+](O)C23CCC(C(C)C)CC3)cc1.COC(=O)CCNC(=O)c1ccc(CCN2C(=O)CNC23CCC(C(C)C)CC3)cc1. The van der Waals surface area contributed by atoms with Crippen molar-refractivity contribution in [3.63, 3.8) is 0 Å². The molecular weight excluding hydrogens is 805 g/mol. The Morgan fingerprint density at radius 2 is 1.14 bits per heavy atom. The summed E-state index contributed by atoms with van der Waals surface area (Å²) in [6, 6.07) is 14.7. The predicted molar refractivity (Wildman–Crippen MR) is 237 cm³/mol. The zero-order valence-electron chi connectivity index (χ0n) is 38.1. The molecule has 0 unspecified atom stereocenters. The summed E-state index contributed by atoms with van der Waals surface area (Å²) in [5.74, 6) is 1.51. The third-order valence-electron chi connectivity index (χ3n) is 13.8. The van der Waals surface area contributed by atoms with Crippen LogP contribution in [0.2, 0.25) is 0 Å². The molecule has 6 rings (SSSR count). The molecular formula is C48H69N6O9+. The highest BCUT2D eigenvalue weighted by atomic mass is 16.5. The van der Waals surface area contributed by atoms with Crippen molar-refractivity contribution in [2.24, 2.45) is 23.7 Å². The lowest BCUT2D eigenvalue weighted by atomic mass is 9.76. The number of hydrogen-bond donors (Lipinski definition) is 4. The van der Waals surface area contributed by atoms with Crippen LogP contribution in [0.25, 0.3) is 0 Å². The maximum Gasteiger partial charge on any atom is 0.320 e. The number of amides is 4. The number of carbonyl (C=O) groups excluding carboxylic acids is 6. The Balaban J connectivity index is 0.000000238. The van der Waals surface area contributed by atoms with E-state index in [0.717, 1.165) is 79.6 Å². The van der Waals surface area contributed by atoms with Crippen molar-refractivity contribution in [1.82, 2.24) is 25.8 Å². The third kappa shape index (κ3) is 12.5. The van der Waals surface area contributed by atoms with Crippen LogP contribution >= 0.6 is 0 Å². The summed E-state index contributed by atoms with van der Waals surface area (Å²) in [7, 11) is 2.64. The highest BCUT2D eigenvalue weighted by molar-refractivity contribution is 6.25. The van der Waals surface area contributed by atoms with Gasteiger partial charge < -0.3 is 25.0 Å². The van der Waals surface area contributed by atoms with Gasteiger partial charge in [0, 0.05) is 54.9 Å². The Morgan fingerprint density at radius 3 is 1.57 bits per heavy atom. The number of hydrogen-bond acceptors (Lipinski definition) is 10. The minimum atomic E-state index is -0.637. The fourth-order valence-electron chi connectivity index (χ4n) is 9.54. The molecule has 4 N–H and O–H groups in total. The molecule has 0 atom stereocenters. The van der Waals surface area contributed by atoms with E-state index < -0.39 is 5.66 Å². The zero-order chi connectivity index (χ0) is 45.7. The molecule has 63 heavy (non-hydrogen) atoms. The molecule has 2 aromatic carbocycles. The lowest BCUT2D eigenvalue weighted by Gasteiger charge is -2.44. The first-order chi connectivity index (χ1) is 30.1. The van der Waals surface area contributed by atoms with Crippen molar-refractivity contribution in [3.8, 4) is 0 Å². The number of ether oxygens (including phenoxy) is 2. The van der Waals surface area contributed by atoms with Crippen LogP contribution < -0.4 is 16.0 Å². The second kappa shape index (κ2) is 22.4. The molecule has 0 aromatic heterocycles. The van der Waals surface area contributed by atoms with Crippen LogP contribution in [0.4, 0.5) is 0 Å². The van der Waals surface area contributed by atoms with Crippen molar-refractivity contribution in [3.05, 3.63) is 70.8 Å². The van der Waals surface area contributed by atoms with E-state index in [2.05, 4.69) is 58.0 Å². The van der Waals surface area contributed by atoms with Gasteiger partial charge in [-0.1, -0.05) is 52.0 Å². The van der Waals surface area contributed by atoms with Gasteiger partial charge in [0.1, 0.15) is 0 Å². The van der Waals surface area contributed by atoms with Gasteiger partial charge in [-0.15, -0.1) is 0 Å². The summed E-state index contributed by atoms with van der Waals surface area (Å²) in [4.78, 5) is 75.7. The molecule has 2 aliphatic heterocycles. The van der Waals surface area contributed by atoms with Crippen LogP contribution in [0.1, 0.15) is 124 Å². The van der Waals surface area contributed by atoms with Crippen LogP contribution in [0.15, 0.2) is 48.5 Å². The van der Waals surface area contributed by atoms with Crippen LogP contribution in [0.3, 0.4) is 0 Å². The molecule has 4 aliphatic rings. The molecule has 2 saturated carbocycles. The van der Waals surface area contributed by atoms with E-state index in [9.17, 15) is 34.0 Å². The Morgan fingerprint density at radius 1 is 0.714 bits per heavy atom. The maximum absolute atomic E-state index is 12.6. The Hall–Kier alpha value is -5.31. The summed E-state index contributed by atoms with van der Waals surface area (Å²) in [5.41, 5.74) is 2.34. The Kier molecular flexibility index (Phi) is 17.3. The van der Waals surface area contributed by atoms with Crippen molar-refractivity contribution in [2.75, 3.05) is 46.9 Å². The Labute approximate surface area is 372 Å². The topological polar surface area (TPSA) is 187 Å². The highest BCUT2D eigenvalue weighted by Gasteiger charge is 2.57. The summed E-state index contributed by atoms with van der Waals surface area (Å²) in [6.07, 6.45) is 10.8. The van der Waals surface area contributed by atoms with Crippen LogP contribution in [0, 0.1) is 23.7 Å². The normalized spacial score (nSPS) is 23.1. The van der Waals surface area contributed by atoms with Gasteiger partial charge in [-0.2, -0.15) is 0 Å². The average molecular weight is 874 g/mol. The number of esters is 2. The third-order valence-corrected chi connectivity index (χ3v) is 13.8. The number of methoxy groups -OCH3 is 2. The number of rotatable bonds is 16. The second-order valence-corrected chi connectivity index (χ2v) is 18.1. The summed E-state index contributed by atoms with van der Waals surface area (Å²) < 4.78 is 10.3. The molecule has 0 bridgehead atoms. The van der Waals surface area contributed by atoms with Gasteiger partial charge in [0.15, 0.2) is 0 Å². The van der Waals surface area contributed by atoms with Crippen molar-refractivity contribution in [1.29, 1.82) is 0 Å². The summed E-state index contributed by atoms with van der Waals surface area (Å²) in [5, 5.41) is 19.4. The molecule has 2 aromatic rings. The summed E-state index contributed by atoms with van der Waals surface area (Å²) in [6.45, 7) is 11.1. The monoisotopic (exact) mass is 874 g/mol. The lowest BCUT2D eigenvalue weighted by Crippen LogP contribution is -2.55. The smallest absolute Gasteiger partial charge is 0.320 e. The molecule has 2 aliphatic carbocycles. The van der Waals surface area contributed by atoms with E-state index in [1.807, 2.05) is 24.3 Å². The fourth-order valence-corrected chi connectivity index (χ4v) is 9.54. The van der Waals surface area contributed by atoms with Gasteiger partial charge in [0.05, 0.1) is 39.3 Å². The molecule has 4 amide bonds. The van der Waals surface area contributed by atoms with E-state index >= 15 is 0 Å².